The first-order valence-corrected chi connectivity index (χ1v) is 5.88. The van der Waals surface area contributed by atoms with Gasteiger partial charge in [0.25, 0.3) is 0 Å². The number of carbonyl (C=O) groups excluding carboxylic acids is 1. The monoisotopic (exact) mass is 246 g/mol. The summed E-state index contributed by atoms with van der Waals surface area (Å²) >= 11 is 0. The van der Waals surface area contributed by atoms with Crippen molar-refractivity contribution in [3.05, 3.63) is 0 Å². The Morgan fingerprint density at radius 3 is 2.53 bits per heavy atom. The van der Waals surface area contributed by atoms with E-state index in [-0.39, 0.29) is 19.0 Å². The average Bonchev–Trinajstić information content (AvgIpc) is 2.24. The minimum atomic E-state index is -0.916. The van der Waals surface area contributed by atoms with Crippen LogP contribution in [0.1, 0.15) is 20.3 Å². The van der Waals surface area contributed by atoms with Crippen molar-refractivity contribution in [2.75, 3.05) is 39.4 Å². The van der Waals surface area contributed by atoms with E-state index in [9.17, 15) is 9.59 Å². The summed E-state index contributed by atoms with van der Waals surface area (Å²) in [6, 6.07) is 0. The number of ether oxygens (including phenoxy) is 1. The number of carboxylic acid groups (broad SMARTS) is 1. The molecule has 0 aliphatic rings. The lowest BCUT2D eigenvalue weighted by atomic mass is 10.3. The SMILES string of the molecule is CCCN(CC(=O)O)CC(=O)NCCOCC. The lowest BCUT2D eigenvalue weighted by Gasteiger charge is -2.18. The van der Waals surface area contributed by atoms with Crippen molar-refractivity contribution < 1.29 is 19.4 Å². The van der Waals surface area contributed by atoms with Crippen molar-refractivity contribution >= 4 is 11.9 Å². The maximum absolute atomic E-state index is 11.5. The molecular weight excluding hydrogens is 224 g/mol. The predicted octanol–water partition coefficient (Wildman–Crippen LogP) is -0.0643. The fourth-order valence-electron chi connectivity index (χ4n) is 1.39. The molecule has 0 saturated heterocycles. The number of nitrogens with zero attached hydrogens (tertiary/aromatic N) is 1. The van der Waals surface area contributed by atoms with E-state index in [1.807, 2.05) is 13.8 Å². The highest BCUT2D eigenvalue weighted by Crippen LogP contribution is 1.91. The van der Waals surface area contributed by atoms with Gasteiger partial charge in [0, 0.05) is 13.2 Å². The molecule has 0 aliphatic heterocycles. The first-order chi connectivity index (χ1) is 8.10. The van der Waals surface area contributed by atoms with Crippen molar-refractivity contribution in [2.24, 2.45) is 0 Å². The highest BCUT2D eigenvalue weighted by atomic mass is 16.5. The van der Waals surface area contributed by atoms with E-state index in [0.717, 1.165) is 6.42 Å². The van der Waals surface area contributed by atoms with Crippen LogP contribution in [0, 0.1) is 0 Å². The van der Waals surface area contributed by atoms with Gasteiger partial charge in [0.1, 0.15) is 0 Å². The second-order valence-corrected chi connectivity index (χ2v) is 3.65. The van der Waals surface area contributed by atoms with Crippen LogP contribution in [-0.2, 0) is 14.3 Å². The summed E-state index contributed by atoms with van der Waals surface area (Å²) in [5.74, 6) is -1.08. The van der Waals surface area contributed by atoms with Gasteiger partial charge in [-0.25, -0.2) is 0 Å². The number of rotatable bonds is 10. The molecule has 0 saturated carbocycles. The van der Waals surface area contributed by atoms with E-state index >= 15 is 0 Å². The third kappa shape index (κ3) is 9.77. The third-order valence-corrected chi connectivity index (χ3v) is 2.04. The van der Waals surface area contributed by atoms with Gasteiger partial charge in [0.05, 0.1) is 19.7 Å². The molecule has 0 spiro atoms. The quantitative estimate of drug-likeness (QED) is 0.528. The molecule has 17 heavy (non-hydrogen) atoms. The van der Waals surface area contributed by atoms with E-state index in [0.29, 0.717) is 26.3 Å². The summed E-state index contributed by atoms with van der Waals surface area (Å²) in [6.45, 7) is 6.01. The number of hydrogen-bond acceptors (Lipinski definition) is 4. The summed E-state index contributed by atoms with van der Waals surface area (Å²) in [5, 5.41) is 11.4. The summed E-state index contributed by atoms with van der Waals surface area (Å²) in [7, 11) is 0. The second kappa shape index (κ2) is 10.0. The van der Waals surface area contributed by atoms with Crippen molar-refractivity contribution in [1.82, 2.24) is 10.2 Å². The molecule has 0 unspecified atom stereocenters. The van der Waals surface area contributed by atoms with Crippen LogP contribution < -0.4 is 5.32 Å². The van der Waals surface area contributed by atoms with Crippen LogP contribution in [-0.4, -0.2) is 61.3 Å². The van der Waals surface area contributed by atoms with Gasteiger partial charge in [-0.05, 0) is 19.9 Å². The zero-order valence-corrected chi connectivity index (χ0v) is 10.6. The second-order valence-electron chi connectivity index (χ2n) is 3.65. The number of carbonyl (C=O) groups is 2. The third-order valence-electron chi connectivity index (χ3n) is 2.04. The van der Waals surface area contributed by atoms with Gasteiger partial charge in [0.15, 0.2) is 0 Å². The van der Waals surface area contributed by atoms with Crippen molar-refractivity contribution in [2.45, 2.75) is 20.3 Å². The molecule has 0 fully saturated rings. The Bertz CT molecular complexity index is 234. The number of aliphatic carboxylic acids is 1. The zero-order chi connectivity index (χ0) is 13.1. The van der Waals surface area contributed by atoms with Gasteiger partial charge in [-0.2, -0.15) is 0 Å². The maximum atomic E-state index is 11.5. The topological polar surface area (TPSA) is 78.9 Å². The molecule has 0 radical (unpaired) electrons. The minimum Gasteiger partial charge on any atom is -0.480 e. The molecule has 6 heteroatoms. The van der Waals surface area contributed by atoms with Crippen molar-refractivity contribution in [3.63, 3.8) is 0 Å². The summed E-state index contributed by atoms with van der Waals surface area (Å²) < 4.78 is 5.08. The van der Waals surface area contributed by atoms with E-state index in [2.05, 4.69) is 5.32 Å². The Labute approximate surface area is 102 Å². The van der Waals surface area contributed by atoms with Crippen LogP contribution in [0.15, 0.2) is 0 Å². The van der Waals surface area contributed by atoms with Gasteiger partial charge in [-0.3, -0.25) is 14.5 Å². The van der Waals surface area contributed by atoms with Gasteiger partial charge >= 0.3 is 5.97 Å². The van der Waals surface area contributed by atoms with Crippen molar-refractivity contribution in [3.8, 4) is 0 Å². The molecule has 0 aliphatic carbocycles. The smallest absolute Gasteiger partial charge is 0.317 e. The Morgan fingerprint density at radius 2 is 2.00 bits per heavy atom. The molecule has 0 aromatic rings. The molecule has 0 atom stereocenters. The van der Waals surface area contributed by atoms with E-state index < -0.39 is 5.97 Å². The Morgan fingerprint density at radius 1 is 1.29 bits per heavy atom. The van der Waals surface area contributed by atoms with Gasteiger partial charge in [0.2, 0.25) is 5.91 Å². The van der Waals surface area contributed by atoms with Crippen molar-refractivity contribution in [1.29, 1.82) is 0 Å². The van der Waals surface area contributed by atoms with Gasteiger partial charge < -0.3 is 15.2 Å². The molecule has 0 rings (SSSR count). The molecule has 0 bridgehead atoms. The Balaban J connectivity index is 3.82. The molecule has 0 aromatic heterocycles. The van der Waals surface area contributed by atoms with Crippen LogP contribution in [0.3, 0.4) is 0 Å². The van der Waals surface area contributed by atoms with Gasteiger partial charge in [-0.1, -0.05) is 6.92 Å². The van der Waals surface area contributed by atoms with Crippen LogP contribution in [0.4, 0.5) is 0 Å². The molecule has 2 N–H and O–H groups in total. The van der Waals surface area contributed by atoms with E-state index in [1.165, 1.54) is 0 Å². The molecule has 6 nitrogen and oxygen atoms in total. The summed E-state index contributed by atoms with van der Waals surface area (Å²) in [6.07, 6.45) is 0.819. The maximum Gasteiger partial charge on any atom is 0.317 e. The summed E-state index contributed by atoms with van der Waals surface area (Å²) in [5.41, 5.74) is 0. The highest BCUT2D eigenvalue weighted by molar-refractivity contribution is 5.79. The molecular formula is C11H22N2O4. The van der Waals surface area contributed by atoms with Crippen LogP contribution >= 0.6 is 0 Å². The molecule has 0 heterocycles. The summed E-state index contributed by atoms with van der Waals surface area (Å²) in [4.78, 5) is 23.7. The average molecular weight is 246 g/mol. The molecule has 0 aromatic carbocycles. The zero-order valence-electron chi connectivity index (χ0n) is 10.6. The fraction of sp³-hybridized carbons (Fsp3) is 0.818. The van der Waals surface area contributed by atoms with E-state index in [4.69, 9.17) is 9.84 Å². The highest BCUT2D eigenvalue weighted by Gasteiger charge is 2.12. The fourth-order valence-corrected chi connectivity index (χ4v) is 1.39. The van der Waals surface area contributed by atoms with Crippen LogP contribution in [0.25, 0.3) is 0 Å². The first kappa shape index (κ1) is 15.9. The predicted molar refractivity (Wildman–Crippen MR) is 63.9 cm³/mol. The van der Waals surface area contributed by atoms with Gasteiger partial charge in [-0.15, -0.1) is 0 Å². The standard InChI is InChI=1S/C11H22N2O4/c1-3-6-13(9-11(15)16)8-10(14)12-5-7-17-4-2/h3-9H2,1-2H3,(H,12,14)(H,15,16). The number of amides is 1. The Kier molecular flexibility index (Phi) is 9.37. The largest absolute Gasteiger partial charge is 0.480 e. The minimum absolute atomic E-state index is 0.104. The molecule has 1 amide bonds. The first-order valence-electron chi connectivity index (χ1n) is 5.88. The Hall–Kier alpha value is -1.14. The lowest BCUT2D eigenvalue weighted by molar-refractivity contribution is -0.138. The van der Waals surface area contributed by atoms with E-state index in [1.54, 1.807) is 4.90 Å². The normalized spacial score (nSPS) is 10.5. The number of nitrogens with one attached hydrogen (secondary N) is 1. The molecule has 100 valence electrons. The van der Waals surface area contributed by atoms with Crippen LogP contribution in [0.5, 0.6) is 0 Å². The number of hydrogen-bond donors (Lipinski definition) is 2. The number of carboxylic acids is 1. The van der Waals surface area contributed by atoms with Crippen LogP contribution in [0.2, 0.25) is 0 Å². The lowest BCUT2D eigenvalue weighted by Crippen LogP contribution is -2.41.